The van der Waals surface area contributed by atoms with Gasteiger partial charge in [-0.05, 0) is 37.8 Å². The summed E-state index contributed by atoms with van der Waals surface area (Å²) in [6.07, 6.45) is 2.45. The van der Waals surface area contributed by atoms with Crippen LogP contribution in [0.3, 0.4) is 0 Å². The molecule has 0 amide bonds. The molecule has 1 fully saturated rings. The van der Waals surface area contributed by atoms with E-state index >= 15 is 0 Å². The van der Waals surface area contributed by atoms with Gasteiger partial charge in [0.1, 0.15) is 0 Å². The number of hydrogen-bond acceptors (Lipinski definition) is 2. The Labute approximate surface area is 118 Å². The van der Waals surface area contributed by atoms with E-state index in [4.69, 9.17) is 0 Å². The van der Waals surface area contributed by atoms with Crippen molar-refractivity contribution < 1.29 is 0 Å². The normalized spacial score (nSPS) is 24.6. The van der Waals surface area contributed by atoms with Crippen LogP contribution >= 0.6 is 0 Å². The van der Waals surface area contributed by atoms with Crippen molar-refractivity contribution in [1.82, 2.24) is 10.2 Å². The number of benzene rings is 1. The number of piperazine rings is 1. The number of nitrogens with zero attached hydrogens (tertiary/aromatic N) is 1. The molecule has 0 radical (unpaired) electrons. The molecule has 2 rings (SSSR count). The Kier molecular flexibility index (Phi) is 5.00. The van der Waals surface area contributed by atoms with E-state index in [-0.39, 0.29) is 0 Å². The van der Waals surface area contributed by atoms with Gasteiger partial charge in [0, 0.05) is 31.7 Å². The molecule has 1 aliphatic rings. The van der Waals surface area contributed by atoms with E-state index < -0.39 is 0 Å². The highest BCUT2D eigenvalue weighted by Crippen LogP contribution is 2.18. The van der Waals surface area contributed by atoms with E-state index in [1.165, 1.54) is 36.1 Å². The molecule has 2 unspecified atom stereocenters. The zero-order valence-electron chi connectivity index (χ0n) is 12.9. The van der Waals surface area contributed by atoms with E-state index in [1.54, 1.807) is 0 Å². The van der Waals surface area contributed by atoms with E-state index in [0.29, 0.717) is 12.1 Å². The molecule has 1 saturated heterocycles. The van der Waals surface area contributed by atoms with Crippen molar-refractivity contribution in [2.45, 2.75) is 59.2 Å². The zero-order chi connectivity index (χ0) is 13.8. The Balaban J connectivity index is 2.09. The fourth-order valence-corrected chi connectivity index (χ4v) is 3.04. The van der Waals surface area contributed by atoms with E-state index in [0.717, 1.165) is 13.1 Å². The van der Waals surface area contributed by atoms with Crippen LogP contribution < -0.4 is 5.32 Å². The van der Waals surface area contributed by atoms with Gasteiger partial charge in [-0.1, -0.05) is 37.6 Å². The molecule has 1 N–H and O–H groups in total. The third-order valence-electron chi connectivity index (χ3n) is 4.45. The average Bonchev–Trinajstić information content (AvgIpc) is 2.41. The molecule has 0 spiro atoms. The van der Waals surface area contributed by atoms with Crippen LogP contribution in [0.4, 0.5) is 0 Å². The Morgan fingerprint density at radius 3 is 2.63 bits per heavy atom. The second-order valence-corrected chi connectivity index (χ2v) is 5.93. The molecule has 0 saturated carbocycles. The quantitative estimate of drug-likeness (QED) is 0.894. The summed E-state index contributed by atoms with van der Waals surface area (Å²) < 4.78 is 0. The fourth-order valence-electron chi connectivity index (χ4n) is 3.04. The molecule has 0 aromatic heterocycles. The Hall–Kier alpha value is -0.860. The van der Waals surface area contributed by atoms with Gasteiger partial charge in [0.25, 0.3) is 0 Å². The highest BCUT2D eigenvalue weighted by Gasteiger charge is 2.25. The Bertz CT molecular complexity index is 414. The van der Waals surface area contributed by atoms with Crippen LogP contribution in [-0.4, -0.2) is 30.1 Å². The van der Waals surface area contributed by atoms with Gasteiger partial charge in [-0.2, -0.15) is 0 Å². The summed E-state index contributed by atoms with van der Waals surface area (Å²) in [6.45, 7) is 12.4. The van der Waals surface area contributed by atoms with Gasteiger partial charge in [0.15, 0.2) is 0 Å². The molecule has 2 atom stereocenters. The third kappa shape index (κ3) is 3.58. The minimum Gasteiger partial charge on any atom is -0.311 e. The lowest BCUT2D eigenvalue weighted by atomic mass is 10.0. The van der Waals surface area contributed by atoms with Crippen molar-refractivity contribution in [1.29, 1.82) is 0 Å². The third-order valence-corrected chi connectivity index (χ3v) is 4.45. The van der Waals surface area contributed by atoms with Crippen molar-refractivity contribution >= 4 is 0 Å². The minimum absolute atomic E-state index is 0.661. The molecule has 1 aromatic rings. The molecule has 0 aliphatic carbocycles. The monoisotopic (exact) mass is 260 g/mol. The van der Waals surface area contributed by atoms with Crippen LogP contribution in [0.1, 0.15) is 43.4 Å². The van der Waals surface area contributed by atoms with Crippen LogP contribution in [0.2, 0.25) is 0 Å². The lowest BCUT2D eigenvalue weighted by Gasteiger charge is -2.40. The molecule has 1 heterocycles. The van der Waals surface area contributed by atoms with Crippen molar-refractivity contribution in [3.8, 4) is 0 Å². The van der Waals surface area contributed by atoms with Gasteiger partial charge in [0.2, 0.25) is 0 Å². The maximum absolute atomic E-state index is 3.67. The first-order valence-electron chi connectivity index (χ1n) is 7.67. The first-order valence-corrected chi connectivity index (χ1v) is 7.67. The highest BCUT2D eigenvalue weighted by molar-refractivity contribution is 5.30. The first-order chi connectivity index (χ1) is 9.13. The minimum atomic E-state index is 0.661. The molecule has 1 aliphatic heterocycles. The van der Waals surface area contributed by atoms with Crippen LogP contribution in [0.15, 0.2) is 18.2 Å². The number of hydrogen-bond donors (Lipinski definition) is 1. The lowest BCUT2D eigenvalue weighted by Crippen LogP contribution is -2.55. The van der Waals surface area contributed by atoms with Gasteiger partial charge in [-0.3, -0.25) is 4.90 Å². The summed E-state index contributed by atoms with van der Waals surface area (Å²) >= 11 is 0. The smallest absolute Gasteiger partial charge is 0.0240 e. The summed E-state index contributed by atoms with van der Waals surface area (Å²) in [4.78, 5) is 2.67. The standard InChI is InChI=1S/C17H28N2/c1-5-16-12-19(17(6-2)10-18-16)11-15-8-7-13(3)9-14(15)4/h7-9,16-18H,5-6,10-12H2,1-4H3. The van der Waals surface area contributed by atoms with Gasteiger partial charge >= 0.3 is 0 Å². The number of aryl methyl sites for hydroxylation is 2. The number of nitrogens with one attached hydrogen (secondary N) is 1. The summed E-state index contributed by atoms with van der Waals surface area (Å²) in [7, 11) is 0. The molecule has 2 heteroatoms. The number of rotatable bonds is 4. The maximum Gasteiger partial charge on any atom is 0.0240 e. The largest absolute Gasteiger partial charge is 0.311 e. The predicted octanol–water partition coefficient (Wildman–Crippen LogP) is 3.27. The maximum atomic E-state index is 3.67. The fraction of sp³-hybridized carbons (Fsp3) is 0.647. The lowest BCUT2D eigenvalue weighted by molar-refractivity contribution is 0.117. The molecule has 0 bridgehead atoms. The SMILES string of the molecule is CCC1CN(Cc2ccc(C)cc2C)C(CC)CN1. The van der Waals surface area contributed by atoms with Crippen molar-refractivity contribution in [2.24, 2.45) is 0 Å². The molecule has 106 valence electrons. The van der Waals surface area contributed by atoms with Gasteiger partial charge < -0.3 is 5.32 Å². The first kappa shape index (κ1) is 14.5. The van der Waals surface area contributed by atoms with Gasteiger partial charge in [0.05, 0.1) is 0 Å². The van der Waals surface area contributed by atoms with Crippen LogP contribution in [0, 0.1) is 13.8 Å². The van der Waals surface area contributed by atoms with Crippen LogP contribution in [-0.2, 0) is 6.54 Å². The summed E-state index contributed by atoms with van der Waals surface area (Å²) in [5, 5.41) is 3.67. The van der Waals surface area contributed by atoms with Gasteiger partial charge in [-0.25, -0.2) is 0 Å². The van der Waals surface area contributed by atoms with Crippen molar-refractivity contribution in [3.63, 3.8) is 0 Å². The summed E-state index contributed by atoms with van der Waals surface area (Å²) in [6, 6.07) is 8.19. The molecule has 2 nitrogen and oxygen atoms in total. The zero-order valence-corrected chi connectivity index (χ0v) is 12.9. The summed E-state index contributed by atoms with van der Waals surface area (Å²) in [5.74, 6) is 0. The van der Waals surface area contributed by atoms with Gasteiger partial charge in [-0.15, -0.1) is 0 Å². The predicted molar refractivity (Wildman–Crippen MR) is 82.5 cm³/mol. The van der Waals surface area contributed by atoms with E-state index in [2.05, 4.69) is 56.1 Å². The van der Waals surface area contributed by atoms with E-state index in [1.807, 2.05) is 0 Å². The van der Waals surface area contributed by atoms with Crippen LogP contribution in [0.25, 0.3) is 0 Å². The second-order valence-electron chi connectivity index (χ2n) is 5.93. The Morgan fingerprint density at radius 2 is 2.00 bits per heavy atom. The topological polar surface area (TPSA) is 15.3 Å². The van der Waals surface area contributed by atoms with Crippen molar-refractivity contribution in [2.75, 3.05) is 13.1 Å². The summed E-state index contributed by atoms with van der Waals surface area (Å²) in [5.41, 5.74) is 4.28. The molecular formula is C17H28N2. The van der Waals surface area contributed by atoms with E-state index in [9.17, 15) is 0 Å². The molecular weight excluding hydrogens is 232 g/mol. The van der Waals surface area contributed by atoms with Crippen molar-refractivity contribution in [3.05, 3.63) is 34.9 Å². The average molecular weight is 260 g/mol. The highest BCUT2D eigenvalue weighted by atomic mass is 15.2. The second kappa shape index (κ2) is 6.53. The molecule has 1 aromatic carbocycles. The van der Waals surface area contributed by atoms with Crippen LogP contribution in [0.5, 0.6) is 0 Å². The Morgan fingerprint density at radius 1 is 1.21 bits per heavy atom. The molecule has 19 heavy (non-hydrogen) atoms.